The van der Waals surface area contributed by atoms with E-state index < -0.39 is 0 Å². The summed E-state index contributed by atoms with van der Waals surface area (Å²) >= 11 is 1.58. The summed E-state index contributed by atoms with van der Waals surface area (Å²) in [5, 5.41) is 15.2. The number of carbonyl (C=O) groups is 1. The Morgan fingerprint density at radius 1 is 1.55 bits per heavy atom. The fraction of sp³-hybridized carbons (Fsp3) is 0.733. The van der Waals surface area contributed by atoms with Gasteiger partial charge in [-0.3, -0.25) is 9.69 Å². The molecule has 2 rings (SSSR count). The quantitative estimate of drug-likeness (QED) is 0.786. The van der Waals surface area contributed by atoms with Crippen LogP contribution in [0, 0.1) is 12.8 Å². The van der Waals surface area contributed by atoms with Crippen LogP contribution in [0.1, 0.15) is 30.5 Å². The summed E-state index contributed by atoms with van der Waals surface area (Å²) in [5.74, 6) is 0.542. The smallest absolute Gasteiger partial charge is 0.226 e. The van der Waals surface area contributed by atoms with Gasteiger partial charge in [-0.1, -0.05) is 13.3 Å². The zero-order chi connectivity index (χ0) is 15.2. The molecule has 1 fully saturated rings. The molecule has 126 valence electrons. The summed E-state index contributed by atoms with van der Waals surface area (Å²) in [4.78, 5) is 18.8. The molecule has 7 heteroatoms. The highest BCUT2D eigenvalue weighted by atomic mass is 35.5. The Hall–Kier alpha value is -0.690. The number of nitrogens with zero attached hydrogens (tertiary/aromatic N) is 2. The minimum absolute atomic E-state index is 0. The van der Waals surface area contributed by atoms with Crippen molar-refractivity contribution in [3.8, 4) is 0 Å². The molecule has 5 nitrogen and oxygen atoms in total. The standard InChI is InChI=1S/C15H25N3O2S.ClH/c1-3-4-12-8-18(5-6-19)9-14(12)17-15(20)7-13-10-21-11(2)16-13;/h10,12,14,19H,3-9H2,1-2H3,(H,17,20);1H/t12-,14-;/m0./s1. The zero-order valence-corrected chi connectivity index (χ0v) is 14.9. The number of nitrogens with one attached hydrogen (secondary N) is 1. The molecule has 2 atom stereocenters. The van der Waals surface area contributed by atoms with Crippen LogP contribution in [0.4, 0.5) is 0 Å². The number of thiazole rings is 1. The molecule has 2 N–H and O–H groups in total. The maximum atomic E-state index is 12.2. The van der Waals surface area contributed by atoms with Gasteiger partial charge < -0.3 is 10.4 Å². The molecule has 0 aromatic carbocycles. The molecule has 1 amide bonds. The summed E-state index contributed by atoms with van der Waals surface area (Å²) in [6, 6.07) is 0.198. The molecule has 1 saturated heterocycles. The predicted octanol–water partition coefficient (Wildman–Crippen LogP) is 1.62. The van der Waals surface area contributed by atoms with Crippen LogP contribution < -0.4 is 5.32 Å². The Bertz CT molecular complexity index is 469. The van der Waals surface area contributed by atoms with Crippen LogP contribution in [0.3, 0.4) is 0 Å². The number of aryl methyl sites for hydroxylation is 1. The molecule has 22 heavy (non-hydrogen) atoms. The Labute approximate surface area is 142 Å². The summed E-state index contributed by atoms with van der Waals surface area (Å²) in [6.45, 7) is 6.80. The van der Waals surface area contributed by atoms with Crippen molar-refractivity contribution in [2.75, 3.05) is 26.2 Å². The number of aromatic nitrogens is 1. The Balaban J connectivity index is 0.00000242. The fourth-order valence-electron chi connectivity index (χ4n) is 3.02. The Morgan fingerprint density at radius 2 is 2.32 bits per heavy atom. The van der Waals surface area contributed by atoms with Crippen molar-refractivity contribution in [1.82, 2.24) is 15.2 Å². The van der Waals surface area contributed by atoms with Crippen LogP contribution in [0.15, 0.2) is 5.38 Å². The van der Waals surface area contributed by atoms with Crippen molar-refractivity contribution in [3.63, 3.8) is 0 Å². The average molecular weight is 348 g/mol. The molecule has 0 radical (unpaired) electrons. The normalized spacial score (nSPS) is 21.6. The first kappa shape index (κ1) is 19.4. The number of amides is 1. The van der Waals surface area contributed by atoms with Crippen molar-refractivity contribution in [3.05, 3.63) is 16.1 Å². The van der Waals surface area contributed by atoms with E-state index in [0.29, 0.717) is 18.9 Å². The molecule has 1 aliphatic heterocycles. The first-order chi connectivity index (χ1) is 10.1. The molecular formula is C15H26ClN3O2S. The molecule has 0 spiro atoms. The van der Waals surface area contributed by atoms with Gasteiger partial charge in [0.15, 0.2) is 0 Å². The van der Waals surface area contributed by atoms with E-state index in [-0.39, 0.29) is 31.0 Å². The van der Waals surface area contributed by atoms with E-state index in [1.54, 1.807) is 11.3 Å². The number of rotatable bonds is 7. The van der Waals surface area contributed by atoms with Crippen LogP contribution in [-0.4, -0.2) is 53.2 Å². The Morgan fingerprint density at radius 3 is 2.91 bits per heavy atom. The van der Waals surface area contributed by atoms with Crippen LogP contribution in [0.5, 0.6) is 0 Å². The van der Waals surface area contributed by atoms with Crippen LogP contribution in [0.2, 0.25) is 0 Å². The summed E-state index contributed by atoms with van der Waals surface area (Å²) in [6.07, 6.45) is 2.59. The molecule has 0 saturated carbocycles. The van der Waals surface area contributed by atoms with Crippen molar-refractivity contribution in [2.45, 2.75) is 39.2 Å². The van der Waals surface area contributed by atoms with Crippen molar-refractivity contribution < 1.29 is 9.90 Å². The van der Waals surface area contributed by atoms with Crippen LogP contribution >= 0.6 is 23.7 Å². The second-order valence-corrected chi connectivity index (χ2v) is 6.80. The highest BCUT2D eigenvalue weighted by Crippen LogP contribution is 2.21. The lowest BCUT2D eigenvalue weighted by Crippen LogP contribution is -2.41. The second-order valence-electron chi connectivity index (χ2n) is 5.74. The number of β-amino-alcohol motifs (C(OH)–C–C–N with tert-alkyl or cyclic N) is 1. The van der Waals surface area contributed by atoms with Crippen molar-refractivity contribution in [1.29, 1.82) is 0 Å². The molecule has 1 aromatic heterocycles. The maximum absolute atomic E-state index is 12.2. The third kappa shape index (κ3) is 5.50. The zero-order valence-electron chi connectivity index (χ0n) is 13.2. The average Bonchev–Trinajstić information content (AvgIpc) is 2.98. The summed E-state index contributed by atoms with van der Waals surface area (Å²) in [7, 11) is 0. The summed E-state index contributed by atoms with van der Waals surface area (Å²) in [5.41, 5.74) is 0.854. The lowest BCUT2D eigenvalue weighted by molar-refractivity contribution is -0.121. The van der Waals surface area contributed by atoms with Gasteiger partial charge >= 0.3 is 0 Å². The highest BCUT2D eigenvalue weighted by molar-refractivity contribution is 7.09. The van der Waals surface area contributed by atoms with Crippen molar-refractivity contribution >= 4 is 29.7 Å². The van der Waals surface area contributed by atoms with Gasteiger partial charge in [-0.25, -0.2) is 4.98 Å². The van der Waals surface area contributed by atoms with Crippen LogP contribution in [0.25, 0.3) is 0 Å². The topological polar surface area (TPSA) is 65.5 Å². The van der Waals surface area contributed by atoms with Gasteiger partial charge in [0, 0.05) is 31.1 Å². The van der Waals surface area contributed by atoms with Gasteiger partial charge in [-0.2, -0.15) is 0 Å². The first-order valence-corrected chi connectivity index (χ1v) is 8.54. The van der Waals surface area contributed by atoms with E-state index in [1.165, 1.54) is 0 Å². The van der Waals surface area contributed by atoms with Gasteiger partial charge in [-0.15, -0.1) is 23.7 Å². The van der Waals surface area contributed by atoms with E-state index >= 15 is 0 Å². The number of aliphatic hydroxyl groups excluding tert-OH is 1. The summed E-state index contributed by atoms with van der Waals surface area (Å²) < 4.78 is 0. The maximum Gasteiger partial charge on any atom is 0.226 e. The fourth-order valence-corrected chi connectivity index (χ4v) is 3.64. The van der Waals surface area contributed by atoms with E-state index in [9.17, 15) is 4.79 Å². The van der Waals surface area contributed by atoms with E-state index in [0.717, 1.165) is 36.6 Å². The molecule has 0 unspecified atom stereocenters. The van der Waals surface area contributed by atoms with E-state index in [2.05, 4.69) is 22.1 Å². The number of likely N-dealkylation sites (tertiary alicyclic amines) is 1. The van der Waals surface area contributed by atoms with Crippen LogP contribution in [-0.2, 0) is 11.2 Å². The second kappa shape index (κ2) is 9.45. The Kier molecular flexibility index (Phi) is 8.31. The largest absolute Gasteiger partial charge is 0.395 e. The predicted molar refractivity (Wildman–Crippen MR) is 91.7 cm³/mol. The number of aliphatic hydroxyl groups is 1. The third-order valence-electron chi connectivity index (χ3n) is 3.95. The molecule has 1 aliphatic rings. The van der Waals surface area contributed by atoms with E-state index in [4.69, 9.17) is 5.11 Å². The highest BCUT2D eigenvalue weighted by Gasteiger charge is 2.32. The number of hydrogen-bond acceptors (Lipinski definition) is 5. The third-order valence-corrected chi connectivity index (χ3v) is 4.77. The molecule has 1 aromatic rings. The molecule has 2 heterocycles. The number of carbonyl (C=O) groups excluding carboxylic acids is 1. The molecule has 0 bridgehead atoms. The number of hydrogen-bond donors (Lipinski definition) is 2. The minimum atomic E-state index is 0. The SMILES string of the molecule is CCC[C@H]1CN(CCO)C[C@@H]1NC(=O)Cc1csc(C)n1.Cl. The van der Waals surface area contributed by atoms with Gasteiger partial charge in [0.2, 0.25) is 5.91 Å². The molecular weight excluding hydrogens is 322 g/mol. The first-order valence-electron chi connectivity index (χ1n) is 7.66. The van der Waals surface area contributed by atoms with E-state index in [1.807, 2.05) is 12.3 Å². The van der Waals surface area contributed by atoms with Crippen molar-refractivity contribution in [2.24, 2.45) is 5.92 Å². The monoisotopic (exact) mass is 347 g/mol. The minimum Gasteiger partial charge on any atom is -0.395 e. The van der Waals surface area contributed by atoms with Gasteiger partial charge in [0.05, 0.1) is 23.7 Å². The molecule has 0 aliphatic carbocycles. The lowest BCUT2D eigenvalue weighted by atomic mass is 9.98. The van der Waals surface area contributed by atoms with Gasteiger partial charge in [-0.05, 0) is 19.3 Å². The number of halogens is 1. The lowest BCUT2D eigenvalue weighted by Gasteiger charge is -2.19. The van der Waals surface area contributed by atoms with Gasteiger partial charge in [0.25, 0.3) is 0 Å². The van der Waals surface area contributed by atoms with Gasteiger partial charge in [0.1, 0.15) is 0 Å².